The smallest absolute Gasteiger partial charge is 0.182 e. The molecule has 96 valence electrons. The van der Waals surface area contributed by atoms with Crippen LogP contribution in [0.25, 0.3) is 0 Å². The van der Waals surface area contributed by atoms with E-state index < -0.39 is 5.82 Å². The van der Waals surface area contributed by atoms with E-state index in [1.54, 1.807) is 6.07 Å². The second-order valence-corrected chi connectivity index (χ2v) is 4.02. The van der Waals surface area contributed by atoms with E-state index in [0.717, 1.165) is 12.8 Å². The SMILES string of the molecule is COc1cc(CCCCN)c(F)c(Cl)c1OC. The summed E-state index contributed by atoms with van der Waals surface area (Å²) in [7, 11) is 2.92. The highest BCUT2D eigenvalue weighted by atomic mass is 35.5. The molecule has 0 heterocycles. The van der Waals surface area contributed by atoms with Gasteiger partial charge in [0.1, 0.15) is 10.8 Å². The third-order valence-electron chi connectivity index (χ3n) is 2.53. The molecule has 0 spiro atoms. The fourth-order valence-electron chi connectivity index (χ4n) is 1.62. The topological polar surface area (TPSA) is 44.5 Å². The predicted octanol–water partition coefficient (Wildman–Crippen LogP) is 2.78. The second kappa shape index (κ2) is 6.67. The van der Waals surface area contributed by atoms with Gasteiger partial charge in [-0.2, -0.15) is 0 Å². The molecular weight excluding hydrogens is 245 g/mol. The second-order valence-electron chi connectivity index (χ2n) is 3.64. The van der Waals surface area contributed by atoms with Crippen molar-refractivity contribution in [3.8, 4) is 11.5 Å². The molecule has 3 nitrogen and oxygen atoms in total. The lowest BCUT2D eigenvalue weighted by Gasteiger charge is -2.13. The first-order valence-electron chi connectivity index (χ1n) is 5.44. The van der Waals surface area contributed by atoms with Crippen LogP contribution in [0.2, 0.25) is 5.02 Å². The van der Waals surface area contributed by atoms with Gasteiger partial charge in [-0.25, -0.2) is 4.39 Å². The van der Waals surface area contributed by atoms with Crippen molar-refractivity contribution in [2.75, 3.05) is 20.8 Å². The Morgan fingerprint density at radius 1 is 1.29 bits per heavy atom. The maximum absolute atomic E-state index is 13.9. The van der Waals surface area contributed by atoms with Crippen molar-refractivity contribution in [1.29, 1.82) is 0 Å². The van der Waals surface area contributed by atoms with Crippen LogP contribution in [0.1, 0.15) is 18.4 Å². The Bertz CT molecular complexity index is 385. The van der Waals surface area contributed by atoms with Gasteiger partial charge in [0.05, 0.1) is 14.2 Å². The van der Waals surface area contributed by atoms with Gasteiger partial charge in [-0.05, 0) is 37.4 Å². The molecule has 1 rings (SSSR count). The first-order valence-corrected chi connectivity index (χ1v) is 5.82. The van der Waals surface area contributed by atoms with Crippen LogP contribution in [0, 0.1) is 5.82 Å². The van der Waals surface area contributed by atoms with Crippen molar-refractivity contribution >= 4 is 11.6 Å². The molecule has 0 saturated carbocycles. The number of rotatable bonds is 6. The Morgan fingerprint density at radius 3 is 2.53 bits per heavy atom. The lowest BCUT2D eigenvalue weighted by atomic mass is 10.1. The average molecular weight is 262 g/mol. The van der Waals surface area contributed by atoms with Gasteiger partial charge in [0.2, 0.25) is 0 Å². The first-order chi connectivity index (χ1) is 8.15. The van der Waals surface area contributed by atoms with Gasteiger partial charge in [-0.1, -0.05) is 11.6 Å². The van der Waals surface area contributed by atoms with E-state index in [0.29, 0.717) is 24.3 Å². The van der Waals surface area contributed by atoms with Crippen molar-refractivity contribution in [2.24, 2.45) is 5.73 Å². The van der Waals surface area contributed by atoms with Crippen LogP contribution < -0.4 is 15.2 Å². The number of ether oxygens (including phenoxy) is 2. The minimum atomic E-state index is -0.443. The summed E-state index contributed by atoms with van der Waals surface area (Å²) < 4.78 is 24.0. The summed E-state index contributed by atoms with van der Waals surface area (Å²) in [6.07, 6.45) is 2.26. The maximum atomic E-state index is 13.9. The van der Waals surface area contributed by atoms with Crippen molar-refractivity contribution < 1.29 is 13.9 Å². The normalized spacial score (nSPS) is 10.4. The summed E-state index contributed by atoms with van der Waals surface area (Å²) in [5.41, 5.74) is 5.93. The Kier molecular flexibility index (Phi) is 5.51. The van der Waals surface area contributed by atoms with E-state index in [1.807, 2.05) is 0 Å². The van der Waals surface area contributed by atoms with E-state index in [2.05, 4.69) is 0 Å². The summed E-state index contributed by atoms with van der Waals surface area (Å²) >= 11 is 5.89. The number of halogens is 2. The lowest BCUT2D eigenvalue weighted by molar-refractivity contribution is 0.351. The van der Waals surface area contributed by atoms with E-state index in [1.165, 1.54) is 14.2 Å². The molecule has 0 aliphatic rings. The zero-order valence-corrected chi connectivity index (χ0v) is 10.8. The average Bonchev–Trinajstić information content (AvgIpc) is 2.34. The van der Waals surface area contributed by atoms with Crippen LogP contribution in [-0.2, 0) is 6.42 Å². The maximum Gasteiger partial charge on any atom is 0.182 e. The van der Waals surface area contributed by atoms with Gasteiger partial charge in [0.25, 0.3) is 0 Å². The van der Waals surface area contributed by atoms with Crippen molar-refractivity contribution in [3.63, 3.8) is 0 Å². The number of methoxy groups -OCH3 is 2. The van der Waals surface area contributed by atoms with Gasteiger partial charge >= 0.3 is 0 Å². The molecule has 0 atom stereocenters. The molecule has 0 aliphatic heterocycles. The van der Waals surface area contributed by atoms with E-state index in [9.17, 15) is 4.39 Å². The molecule has 0 radical (unpaired) electrons. The highest BCUT2D eigenvalue weighted by molar-refractivity contribution is 6.32. The Hall–Kier alpha value is -1.00. The lowest BCUT2D eigenvalue weighted by Crippen LogP contribution is -2.02. The summed E-state index contributed by atoms with van der Waals surface area (Å²) in [4.78, 5) is 0. The fourth-order valence-corrected chi connectivity index (χ4v) is 1.91. The molecule has 0 aromatic heterocycles. The van der Waals surface area contributed by atoms with Crippen LogP contribution in [0.15, 0.2) is 6.07 Å². The van der Waals surface area contributed by atoms with Crippen LogP contribution >= 0.6 is 11.6 Å². The van der Waals surface area contributed by atoms with E-state index in [-0.39, 0.29) is 10.8 Å². The van der Waals surface area contributed by atoms with Gasteiger partial charge in [0.15, 0.2) is 11.5 Å². The molecule has 0 fully saturated rings. The van der Waals surface area contributed by atoms with Crippen molar-refractivity contribution in [1.82, 2.24) is 0 Å². The van der Waals surface area contributed by atoms with Crippen molar-refractivity contribution in [3.05, 3.63) is 22.5 Å². The molecule has 0 amide bonds. The molecular formula is C12H17ClFNO2. The molecule has 2 N–H and O–H groups in total. The number of hydrogen-bond acceptors (Lipinski definition) is 3. The monoisotopic (exact) mass is 261 g/mol. The highest BCUT2D eigenvalue weighted by Crippen LogP contribution is 2.38. The Labute approximate surface area is 106 Å². The van der Waals surface area contributed by atoms with Crippen LogP contribution in [0.5, 0.6) is 11.5 Å². The largest absolute Gasteiger partial charge is 0.493 e. The van der Waals surface area contributed by atoms with Crippen LogP contribution in [0.3, 0.4) is 0 Å². The summed E-state index contributed by atoms with van der Waals surface area (Å²) in [6.45, 7) is 0.600. The van der Waals surface area contributed by atoms with Gasteiger partial charge < -0.3 is 15.2 Å². The Morgan fingerprint density at radius 2 is 2.00 bits per heavy atom. The number of benzene rings is 1. The minimum absolute atomic E-state index is 0.0328. The number of hydrogen-bond donors (Lipinski definition) is 1. The van der Waals surface area contributed by atoms with E-state index >= 15 is 0 Å². The molecule has 17 heavy (non-hydrogen) atoms. The predicted molar refractivity (Wildman–Crippen MR) is 66.5 cm³/mol. The highest BCUT2D eigenvalue weighted by Gasteiger charge is 2.17. The van der Waals surface area contributed by atoms with Gasteiger partial charge in [-0.3, -0.25) is 0 Å². The number of unbranched alkanes of at least 4 members (excludes halogenated alkanes) is 1. The fraction of sp³-hybridized carbons (Fsp3) is 0.500. The van der Waals surface area contributed by atoms with Crippen LogP contribution in [-0.4, -0.2) is 20.8 Å². The number of nitrogens with two attached hydrogens (primary N) is 1. The molecule has 1 aromatic carbocycles. The third kappa shape index (κ3) is 3.23. The van der Waals surface area contributed by atoms with Crippen LogP contribution in [0.4, 0.5) is 4.39 Å². The first kappa shape index (κ1) is 14.1. The summed E-state index contributed by atoms with van der Waals surface area (Å²) in [5.74, 6) is 0.234. The third-order valence-corrected chi connectivity index (χ3v) is 2.86. The molecule has 0 unspecified atom stereocenters. The molecule has 0 saturated heterocycles. The molecule has 1 aromatic rings. The molecule has 0 aliphatic carbocycles. The van der Waals surface area contributed by atoms with Gasteiger partial charge in [0, 0.05) is 0 Å². The molecule has 0 bridgehead atoms. The van der Waals surface area contributed by atoms with Crippen molar-refractivity contribution in [2.45, 2.75) is 19.3 Å². The Balaban J connectivity index is 3.02. The molecule has 5 heteroatoms. The standard InChI is InChI=1S/C12H17ClFNO2/c1-16-9-7-8(5-3-4-6-15)11(14)10(13)12(9)17-2/h7H,3-6,15H2,1-2H3. The zero-order chi connectivity index (χ0) is 12.8. The minimum Gasteiger partial charge on any atom is -0.493 e. The summed E-state index contributed by atoms with van der Waals surface area (Å²) in [5, 5.41) is -0.0328. The van der Waals surface area contributed by atoms with E-state index in [4.69, 9.17) is 26.8 Å². The number of aryl methyl sites for hydroxylation is 1. The van der Waals surface area contributed by atoms with Gasteiger partial charge in [-0.15, -0.1) is 0 Å². The summed E-state index contributed by atoms with van der Waals surface area (Å²) in [6, 6.07) is 1.62. The quantitative estimate of drug-likeness (QED) is 0.801. The zero-order valence-electron chi connectivity index (χ0n) is 10.1.